The molecular formula is C2H6ClF3S. The van der Waals surface area contributed by atoms with E-state index in [1.807, 2.05) is 0 Å². The Bertz CT molecular complexity index is 28.4. The van der Waals surface area contributed by atoms with Gasteiger partial charge in [0, 0.05) is 6.92 Å². The minimum Gasteiger partial charge on any atom is -1.00 e. The van der Waals surface area contributed by atoms with Crippen LogP contribution >= 0.6 is 0 Å². The van der Waals surface area contributed by atoms with E-state index in [4.69, 9.17) is 0 Å². The maximum Gasteiger partial charge on any atom is 0.386 e. The molecule has 0 atom stereocenters. The first kappa shape index (κ1) is 15.7. The van der Waals surface area contributed by atoms with Crippen LogP contribution in [0.1, 0.15) is 6.92 Å². The number of rotatable bonds is 0. The average molecular weight is 155 g/mol. The van der Waals surface area contributed by atoms with Crippen LogP contribution in [0.4, 0.5) is 13.2 Å². The third kappa shape index (κ3) is 682. The van der Waals surface area contributed by atoms with Crippen LogP contribution in [0.3, 0.4) is 0 Å². The molecule has 48 valence electrons. The third-order valence-electron chi connectivity index (χ3n) is 0. The predicted octanol–water partition coefficient (Wildman–Crippen LogP) is -2.23. The molecule has 0 saturated carbocycles. The van der Waals surface area contributed by atoms with Crippen molar-refractivity contribution in [1.82, 2.24) is 0 Å². The van der Waals surface area contributed by atoms with Gasteiger partial charge in [0.1, 0.15) is 0 Å². The van der Waals surface area contributed by atoms with E-state index in [0.717, 1.165) is 0 Å². The third-order valence-corrected chi connectivity index (χ3v) is 0. The van der Waals surface area contributed by atoms with E-state index >= 15 is 0 Å². The van der Waals surface area contributed by atoms with Crippen molar-refractivity contribution < 1.29 is 25.6 Å². The predicted molar refractivity (Wildman–Crippen MR) is 23.3 cm³/mol. The Labute approximate surface area is 52.9 Å². The molecule has 0 nitrogen and oxygen atoms in total. The smallest absolute Gasteiger partial charge is 0.386 e. The maximum atomic E-state index is 10.4. The van der Waals surface area contributed by atoms with Crippen LogP contribution < -0.4 is 12.4 Å². The van der Waals surface area contributed by atoms with Crippen molar-refractivity contribution in [2.75, 3.05) is 0 Å². The quantitative estimate of drug-likeness (QED) is 0.347. The number of alkyl halides is 3. The number of hydrogen-bond donors (Lipinski definition) is 0. The Morgan fingerprint density at radius 2 is 1.14 bits per heavy atom. The Morgan fingerprint density at radius 1 is 1.14 bits per heavy atom. The molecule has 0 aliphatic heterocycles. The molecule has 0 radical (unpaired) electrons. The molecule has 0 aliphatic rings. The van der Waals surface area contributed by atoms with E-state index in [1.165, 1.54) is 0 Å². The highest BCUT2D eigenvalue weighted by atomic mass is 35.5. The summed E-state index contributed by atoms with van der Waals surface area (Å²) in [7, 11) is 0. The molecule has 0 heterocycles. The summed E-state index contributed by atoms with van der Waals surface area (Å²) in [4.78, 5) is 0. The Balaban J connectivity index is -0.0000000800. The van der Waals surface area contributed by atoms with Gasteiger partial charge in [0.05, 0.1) is 0 Å². The summed E-state index contributed by atoms with van der Waals surface area (Å²) < 4.78 is 31.1. The van der Waals surface area contributed by atoms with Crippen LogP contribution in [0, 0.1) is 0 Å². The second-order valence-corrected chi connectivity index (χ2v) is 0.781. The minimum atomic E-state index is -4.00. The summed E-state index contributed by atoms with van der Waals surface area (Å²) in [6.07, 6.45) is -4.00. The van der Waals surface area contributed by atoms with Gasteiger partial charge in [0.15, 0.2) is 0 Å². The van der Waals surface area contributed by atoms with Crippen LogP contribution in [0.15, 0.2) is 0 Å². The first-order valence-electron chi connectivity index (χ1n) is 1.07. The summed E-state index contributed by atoms with van der Waals surface area (Å²) in [5, 5.41) is 0. The van der Waals surface area contributed by atoms with Crippen LogP contribution in [0.2, 0.25) is 0 Å². The van der Waals surface area contributed by atoms with Crippen molar-refractivity contribution in [3.8, 4) is 0 Å². The number of hydrogen-bond acceptors (Lipinski definition) is 0. The molecule has 0 N–H and O–H groups in total. The highest BCUT2D eigenvalue weighted by Crippen LogP contribution is 2.10. The molecule has 0 unspecified atom stereocenters. The van der Waals surface area contributed by atoms with E-state index < -0.39 is 6.18 Å². The van der Waals surface area contributed by atoms with Gasteiger partial charge in [-0.15, -0.1) is 0 Å². The number of halogens is 4. The Hall–Kier alpha value is 0.430. The van der Waals surface area contributed by atoms with Gasteiger partial charge in [0.2, 0.25) is 0 Å². The summed E-state index contributed by atoms with van der Waals surface area (Å²) in [5.74, 6) is 0. The molecule has 0 aromatic rings. The van der Waals surface area contributed by atoms with Crippen molar-refractivity contribution in [3.63, 3.8) is 0 Å². The van der Waals surface area contributed by atoms with Gasteiger partial charge < -0.3 is 12.4 Å². The van der Waals surface area contributed by atoms with Gasteiger partial charge in [-0.2, -0.15) is 13.2 Å². The first-order chi connectivity index (χ1) is 2.00. The van der Waals surface area contributed by atoms with Crippen molar-refractivity contribution in [2.45, 2.75) is 13.1 Å². The summed E-state index contributed by atoms with van der Waals surface area (Å²) in [6.45, 7) is 0.188. The van der Waals surface area contributed by atoms with Crippen LogP contribution in [0.5, 0.6) is 0 Å². The van der Waals surface area contributed by atoms with Gasteiger partial charge in [-0.25, -0.2) is 0 Å². The lowest BCUT2D eigenvalue weighted by atomic mass is 10.8. The largest absolute Gasteiger partial charge is 1.00 e. The second kappa shape index (κ2) is 4.59. The zero-order chi connectivity index (χ0) is 4.50. The fourth-order valence-corrected chi connectivity index (χ4v) is 0. The molecule has 0 amide bonds. The standard InChI is InChI=1S/C2H3F3.ClH.H2S/c1-2(3,4)5;;/h1H3;1H;1H2. The SMILES string of the molecule is CC(F)(F)F.[Cl-].[SH3+]. The topological polar surface area (TPSA) is 0 Å². The highest BCUT2D eigenvalue weighted by Gasteiger charge is 2.15. The molecule has 0 bridgehead atoms. The monoisotopic (exact) mass is 154 g/mol. The van der Waals surface area contributed by atoms with E-state index in [1.54, 1.807) is 0 Å². The van der Waals surface area contributed by atoms with E-state index in [0.29, 0.717) is 0 Å². The Morgan fingerprint density at radius 3 is 1.14 bits per heavy atom. The van der Waals surface area contributed by atoms with Crippen LogP contribution in [0.25, 0.3) is 0 Å². The maximum absolute atomic E-state index is 10.4. The Kier molecular flexibility index (Phi) is 10.3. The lowest BCUT2D eigenvalue weighted by Crippen LogP contribution is -3.00. The normalized spacial score (nSPS) is 8.57. The van der Waals surface area contributed by atoms with E-state index in [9.17, 15) is 13.2 Å². The molecule has 7 heavy (non-hydrogen) atoms. The van der Waals surface area contributed by atoms with Gasteiger partial charge in [-0.1, -0.05) is 13.5 Å². The fraction of sp³-hybridized carbons (Fsp3) is 1.00. The first-order valence-corrected chi connectivity index (χ1v) is 1.07. The van der Waals surface area contributed by atoms with Crippen molar-refractivity contribution in [2.24, 2.45) is 0 Å². The molecule has 0 fully saturated rings. The van der Waals surface area contributed by atoms with Crippen molar-refractivity contribution >= 4 is 13.5 Å². The summed E-state index contributed by atoms with van der Waals surface area (Å²) in [6, 6.07) is 0. The molecule has 5 heteroatoms. The summed E-state index contributed by atoms with van der Waals surface area (Å²) in [5.41, 5.74) is 0. The molecule has 0 aromatic carbocycles. The van der Waals surface area contributed by atoms with Gasteiger partial charge in [-0.05, 0) is 0 Å². The lowest BCUT2D eigenvalue weighted by Gasteiger charge is -1.88. The minimum absolute atomic E-state index is 0. The lowest BCUT2D eigenvalue weighted by molar-refractivity contribution is -0.110. The molecule has 0 aliphatic carbocycles. The molecule has 0 aromatic heterocycles. The zero-order valence-electron chi connectivity index (χ0n) is 3.59. The average Bonchev–Trinajstić information content (AvgIpc) is 0.722. The molecule has 0 spiro atoms. The zero-order valence-corrected chi connectivity index (χ0v) is 5.50. The van der Waals surface area contributed by atoms with Gasteiger partial charge in [-0.3, -0.25) is 0 Å². The van der Waals surface area contributed by atoms with Gasteiger partial charge >= 0.3 is 6.18 Å². The molecular weight excluding hydrogens is 149 g/mol. The second-order valence-electron chi connectivity index (χ2n) is 0.781. The van der Waals surface area contributed by atoms with E-state index in [2.05, 4.69) is 0 Å². The fourth-order valence-electron chi connectivity index (χ4n) is 0. The van der Waals surface area contributed by atoms with Crippen molar-refractivity contribution in [1.29, 1.82) is 0 Å². The summed E-state index contributed by atoms with van der Waals surface area (Å²) >= 11 is 0. The van der Waals surface area contributed by atoms with Gasteiger partial charge in [0.25, 0.3) is 0 Å². The highest BCUT2D eigenvalue weighted by molar-refractivity contribution is 7.37. The van der Waals surface area contributed by atoms with Crippen LogP contribution in [-0.4, -0.2) is 6.18 Å². The van der Waals surface area contributed by atoms with Crippen molar-refractivity contribution in [3.05, 3.63) is 0 Å². The van der Waals surface area contributed by atoms with E-state index in [-0.39, 0.29) is 32.8 Å². The molecule has 0 rings (SSSR count). The molecule has 0 saturated heterocycles. The van der Waals surface area contributed by atoms with Crippen LogP contribution in [-0.2, 0) is 13.5 Å².